The molecule has 1 unspecified atom stereocenters. The van der Waals surface area contributed by atoms with Gasteiger partial charge < -0.3 is 9.84 Å². The summed E-state index contributed by atoms with van der Waals surface area (Å²) in [6.45, 7) is 4.51. The Balaban J connectivity index is 3.34. The van der Waals surface area contributed by atoms with Gasteiger partial charge in [-0.25, -0.2) is 0 Å². The van der Waals surface area contributed by atoms with Crippen molar-refractivity contribution in [2.45, 2.75) is 155 Å². The summed E-state index contributed by atoms with van der Waals surface area (Å²) in [4.78, 5) is 23.8. The third-order valence-electron chi connectivity index (χ3n) is 6.00. The number of carbonyl (C=O) groups excluding carboxylic acids is 2. The number of aliphatic hydroxyl groups excluding tert-OH is 1. The van der Waals surface area contributed by atoms with Crippen LogP contribution in [-0.2, 0) is 14.3 Å². The summed E-state index contributed by atoms with van der Waals surface area (Å²) in [5.41, 5.74) is 0. The molecule has 1 atom stereocenters. The summed E-state index contributed by atoms with van der Waals surface area (Å²) in [7, 11) is 0. The largest absolute Gasteiger partial charge is 0.463 e. The lowest BCUT2D eigenvalue weighted by atomic mass is 10.0. The fourth-order valence-corrected chi connectivity index (χ4v) is 3.94. The number of carbonyl (C=O) groups is 2. The van der Waals surface area contributed by atoms with Gasteiger partial charge in [-0.2, -0.15) is 0 Å². The van der Waals surface area contributed by atoms with E-state index in [9.17, 15) is 9.59 Å². The fourth-order valence-electron chi connectivity index (χ4n) is 3.94. The molecular formula is C27H52O4. The van der Waals surface area contributed by atoms with Crippen LogP contribution < -0.4 is 0 Å². The number of ether oxygens (including phenoxy) is 1. The van der Waals surface area contributed by atoms with Crippen molar-refractivity contribution in [2.75, 3.05) is 6.61 Å². The first-order valence-corrected chi connectivity index (χ1v) is 13.4. The number of unbranched alkanes of at least 4 members (excludes halogenated alkanes) is 14. The SMILES string of the molecule is CCCCCCC(C)OC(=O)CCCCCCCCCC(=O)CCCCCCCCO. The Bertz CT molecular complexity index is 408. The van der Waals surface area contributed by atoms with Crippen LogP contribution in [0.15, 0.2) is 0 Å². The zero-order valence-electron chi connectivity index (χ0n) is 20.8. The summed E-state index contributed by atoms with van der Waals surface area (Å²) in [5.74, 6) is 0.389. The summed E-state index contributed by atoms with van der Waals surface area (Å²) in [6, 6.07) is 0. The molecule has 0 bridgehead atoms. The van der Waals surface area contributed by atoms with Crippen molar-refractivity contribution in [3.63, 3.8) is 0 Å². The molecule has 0 spiro atoms. The molecule has 0 aliphatic carbocycles. The van der Waals surface area contributed by atoms with Gasteiger partial charge in [0.25, 0.3) is 0 Å². The maximum absolute atomic E-state index is 11.9. The van der Waals surface area contributed by atoms with Crippen LogP contribution in [0, 0.1) is 0 Å². The normalized spacial score (nSPS) is 12.1. The lowest BCUT2D eigenvalue weighted by Gasteiger charge is -2.13. The minimum absolute atomic E-state index is 0.0355. The molecule has 184 valence electrons. The highest BCUT2D eigenvalue weighted by molar-refractivity contribution is 5.78. The van der Waals surface area contributed by atoms with Crippen molar-refractivity contribution in [3.8, 4) is 0 Å². The molecule has 0 radical (unpaired) electrons. The van der Waals surface area contributed by atoms with Crippen molar-refractivity contribution in [1.29, 1.82) is 0 Å². The van der Waals surface area contributed by atoms with Crippen LogP contribution in [0.5, 0.6) is 0 Å². The van der Waals surface area contributed by atoms with E-state index < -0.39 is 0 Å². The van der Waals surface area contributed by atoms with Gasteiger partial charge in [0.2, 0.25) is 0 Å². The predicted octanol–water partition coefficient (Wildman–Crippen LogP) is 7.69. The molecule has 0 heterocycles. The summed E-state index contributed by atoms with van der Waals surface area (Å²) < 4.78 is 5.49. The van der Waals surface area contributed by atoms with Gasteiger partial charge in [0.15, 0.2) is 0 Å². The van der Waals surface area contributed by atoms with Gasteiger partial charge in [-0.15, -0.1) is 0 Å². The Morgan fingerprint density at radius 3 is 1.61 bits per heavy atom. The average molecular weight is 441 g/mol. The number of Topliss-reactive ketones (excluding diaryl/α,β-unsaturated/α-hetero) is 1. The second kappa shape index (κ2) is 23.8. The zero-order chi connectivity index (χ0) is 23.0. The van der Waals surface area contributed by atoms with E-state index in [1.165, 1.54) is 51.4 Å². The van der Waals surface area contributed by atoms with Crippen molar-refractivity contribution in [2.24, 2.45) is 0 Å². The number of aliphatic hydroxyl groups is 1. The Morgan fingerprint density at radius 1 is 0.645 bits per heavy atom. The highest BCUT2D eigenvalue weighted by Gasteiger charge is 2.09. The van der Waals surface area contributed by atoms with Gasteiger partial charge in [-0.05, 0) is 45.4 Å². The molecule has 31 heavy (non-hydrogen) atoms. The second-order valence-electron chi connectivity index (χ2n) is 9.26. The van der Waals surface area contributed by atoms with E-state index >= 15 is 0 Å². The topological polar surface area (TPSA) is 63.6 Å². The summed E-state index contributed by atoms with van der Waals surface area (Å²) >= 11 is 0. The highest BCUT2D eigenvalue weighted by atomic mass is 16.5. The van der Waals surface area contributed by atoms with Gasteiger partial charge in [0, 0.05) is 25.9 Å². The number of esters is 1. The third-order valence-corrected chi connectivity index (χ3v) is 6.00. The molecule has 0 amide bonds. The Kier molecular flexibility index (Phi) is 23.1. The molecule has 0 aliphatic heterocycles. The fraction of sp³-hybridized carbons (Fsp3) is 0.926. The minimum atomic E-state index is -0.0355. The molecule has 4 heteroatoms. The molecular weight excluding hydrogens is 388 g/mol. The second-order valence-corrected chi connectivity index (χ2v) is 9.26. The Labute approximate surface area is 192 Å². The van der Waals surface area contributed by atoms with E-state index in [4.69, 9.17) is 9.84 Å². The molecule has 0 aromatic carbocycles. The lowest BCUT2D eigenvalue weighted by Crippen LogP contribution is -2.14. The van der Waals surface area contributed by atoms with Crippen LogP contribution in [0.25, 0.3) is 0 Å². The monoisotopic (exact) mass is 440 g/mol. The van der Waals surface area contributed by atoms with E-state index in [2.05, 4.69) is 6.92 Å². The average Bonchev–Trinajstić information content (AvgIpc) is 2.75. The van der Waals surface area contributed by atoms with Gasteiger partial charge in [0.05, 0.1) is 6.10 Å². The van der Waals surface area contributed by atoms with Crippen LogP contribution in [-0.4, -0.2) is 29.6 Å². The number of ketones is 1. The first kappa shape index (κ1) is 30.1. The van der Waals surface area contributed by atoms with E-state index in [0.29, 0.717) is 18.8 Å². The van der Waals surface area contributed by atoms with Crippen LogP contribution in [0.3, 0.4) is 0 Å². The number of hydrogen-bond acceptors (Lipinski definition) is 4. The van der Waals surface area contributed by atoms with E-state index in [-0.39, 0.29) is 12.1 Å². The third kappa shape index (κ3) is 23.6. The maximum atomic E-state index is 11.9. The molecule has 0 saturated carbocycles. The summed E-state index contributed by atoms with van der Waals surface area (Å²) in [6.07, 6.45) is 22.3. The van der Waals surface area contributed by atoms with Crippen molar-refractivity contribution in [3.05, 3.63) is 0 Å². The van der Waals surface area contributed by atoms with Crippen molar-refractivity contribution >= 4 is 11.8 Å². The first-order valence-electron chi connectivity index (χ1n) is 13.4. The molecule has 0 fully saturated rings. The van der Waals surface area contributed by atoms with Crippen LogP contribution in [0.2, 0.25) is 0 Å². The Morgan fingerprint density at radius 2 is 1.10 bits per heavy atom. The van der Waals surface area contributed by atoms with Gasteiger partial charge in [-0.1, -0.05) is 84.0 Å². The van der Waals surface area contributed by atoms with Crippen molar-refractivity contribution < 1.29 is 19.4 Å². The van der Waals surface area contributed by atoms with E-state index in [1.54, 1.807) is 0 Å². The number of hydrogen-bond donors (Lipinski definition) is 1. The minimum Gasteiger partial charge on any atom is -0.463 e. The summed E-state index contributed by atoms with van der Waals surface area (Å²) in [5, 5.41) is 8.73. The maximum Gasteiger partial charge on any atom is 0.306 e. The quantitative estimate of drug-likeness (QED) is 0.123. The van der Waals surface area contributed by atoms with E-state index in [1.807, 2.05) is 6.92 Å². The van der Waals surface area contributed by atoms with Crippen LogP contribution >= 0.6 is 0 Å². The molecule has 0 rings (SSSR count). The molecule has 0 aromatic rings. The van der Waals surface area contributed by atoms with Crippen LogP contribution in [0.1, 0.15) is 149 Å². The molecule has 0 aromatic heterocycles. The molecule has 0 aliphatic rings. The lowest BCUT2D eigenvalue weighted by molar-refractivity contribution is -0.148. The first-order chi connectivity index (χ1) is 15.1. The van der Waals surface area contributed by atoms with Crippen LogP contribution in [0.4, 0.5) is 0 Å². The molecule has 1 N–H and O–H groups in total. The number of rotatable bonds is 24. The zero-order valence-corrected chi connectivity index (χ0v) is 20.8. The molecule has 4 nitrogen and oxygen atoms in total. The Hall–Kier alpha value is -0.900. The van der Waals surface area contributed by atoms with E-state index in [0.717, 1.165) is 77.0 Å². The van der Waals surface area contributed by atoms with Gasteiger partial charge >= 0.3 is 5.97 Å². The van der Waals surface area contributed by atoms with Gasteiger partial charge in [-0.3, -0.25) is 9.59 Å². The predicted molar refractivity (Wildman–Crippen MR) is 130 cm³/mol. The highest BCUT2D eigenvalue weighted by Crippen LogP contribution is 2.14. The smallest absolute Gasteiger partial charge is 0.306 e. The van der Waals surface area contributed by atoms with Gasteiger partial charge in [0.1, 0.15) is 5.78 Å². The molecule has 0 saturated heterocycles. The standard InChI is InChI=1S/C27H52O4/c1-3-4-5-15-20-25(2)31-27(30)23-18-13-8-6-7-11-16-21-26(29)22-17-12-9-10-14-19-24-28/h25,28H,3-24H2,1-2H3. The van der Waals surface area contributed by atoms with Crippen molar-refractivity contribution in [1.82, 2.24) is 0 Å².